The minimum absolute atomic E-state index is 0.0186. The predicted octanol–water partition coefficient (Wildman–Crippen LogP) is 2.48. The number of fused-ring (bicyclic) bond motifs is 1. The molecule has 0 saturated carbocycles. The molecule has 0 heterocycles. The van der Waals surface area contributed by atoms with Crippen LogP contribution >= 0.6 is 0 Å². The average Bonchev–Trinajstić information content (AvgIpc) is 2.46. The minimum Gasteiger partial charge on any atom is -0.395 e. The third-order valence-corrected chi connectivity index (χ3v) is 3.73. The first-order chi connectivity index (χ1) is 9.61. The van der Waals surface area contributed by atoms with E-state index in [4.69, 9.17) is 0 Å². The molecule has 108 valence electrons. The molecule has 20 heavy (non-hydrogen) atoms. The number of aliphatic hydroxyl groups excluding tert-OH is 2. The lowest BCUT2D eigenvalue weighted by Gasteiger charge is -2.22. The summed E-state index contributed by atoms with van der Waals surface area (Å²) in [6.07, 6.45) is -0.563. The third-order valence-electron chi connectivity index (χ3n) is 3.73. The van der Waals surface area contributed by atoms with Crippen LogP contribution in [0.3, 0.4) is 0 Å². The quantitative estimate of drug-likeness (QED) is 0.758. The van der Waals surface area contributed by atoms with E-state index in [-0.39, 0.29) is 12.6 Å². The van der Waals surface area contributed by atoms with Crippen molar-refractivity contribution in [2.45, 2.75) is 26.0 Å². The molecule has 0 fully saturated rings. The van der Waals surface area contributed by atoms with Crippen LogP contribution in [0.1, 0.15) is 25.5 Å². The van der Waals surface area contributed by atoms with Gasteiger partial charge in [0.1, 0.15) is 0 Å². The van der Waals surface area contributed by atoms with Crippen LogP contribution in [0.4, 0.5) is 0 Å². The second kappa shape index (κ2) is 6.84. The van der Waals surface area contributed by atoms with E-state index in [0.717, 1.165) is 10.9 Å². The molecule has 0 aromatic heterocycles. The molecule has 3 nitrogen and oxygen atoms in total. The number of hydrogen-bond acceptors (Lipinski definition) is 3. The Bertz CT molecular complexity index is 553. The van der Waals surface area contributed by atoms with Crippen LogP contribution in [-0.4, -0.2) is 29.4 Å². The summed E-state index contributed by atoms with van der Waals surface area (Å²) in [5.74, 6) is 0.337. The van der Waals surface area contributed by atoms with E-state index in [1.165, 1.54) is 5.39 Å². The van der Waals surface area contributed by atoms with Gasteiger partial charge in [0.25, 0.3) is 0 Å². The van der Waals surface area contributed by atoms with Crippen molar-refractivity contribution in [3.8, 4) is 0 Å². The molecule has 0 saturated heterocycles. The number of nitrogens with one attached hydrogen (secondary N) is 1. The SMILES string of the molecule is CC(C)[C@@H](CO)NCC(O)c1ccc2ccccc2c1. The van der Waals surface area contributed by atoms with Crippen LogP contribution in [-0.2, 0) is 0 Å². The summed E-state index contributed by atoms with van der Waals surface area (Å²) in [5.41, 5.74) is 0.900. The number of aliphatic hydroxyl groups is 2. The summed E-state index contributed by atoms with van der Waals surface area (Å²) in [4.78, 5) is 0. The van der Waals surface area contributed by atoms with Crippen molar-refractivity contribution in [2.75, 3.05) is 13.2 Å². The van der Waals surface area contributed by atoms with Gasteiger partial charge in [-0.2, -0.15) is 0 Å². The van der Waals surface area contributed by atoms with E-state index >= 15 is 0 Å². The number of rotatable bonds is 6. The lowest BCUT2D eigenvalue weighted by Crippen LogP contribution is -2.39. The topological polar surface area (TPSA) is 52.5 Å². The Hall–Kier alpha value is -1.42. The fraction of sp³-hybridized carbons (Fsp3) is 0.412. The zero-order chi connectivity index (χ0) is 14.5. The van der Waals surface area contributed by atoms with Crippen molar-refractivity contribution in [1.29, 1.82) is 0 Å². The Morgan fingerprint density at radius 1 is 1.05 bits per heavy atom. The van der Waals surface area contributed by atoms with Crippen LogP contribution < -0.4 is 5.32 Å². The van der Waals surface area contributed by atoms with E-state index in [1.54, 1.807) is 0 Å². The molecule has 0 aliphatic carbocycles. The molecule has 2 aromatic carbocycles. The van der Waals surface area contributed by atoms with Gasteiger partial charge in [0.2, 0.25) is 0 Å². The zero-order valence-corrected chi connectivity index (χ0v) is 12.1. The summed E-state index contributed by atoms with van der Waals surface area (Å²) < 4.78 is 0. The molecule has 3 N–H and O–H groups in total. The standard InChI is InChI=1S/C17H23NO2/c1-12(2)16(11-19)18-10-17(20)15-8-7-13-5-3-4-6-14(13)9-15/h3-9,12,16-20H,10-11H2,1-2H3/t16-,17?/m1/s1. The van der Waals surface area contributed by atoms with Gasteiger partial charge in [-0.1, -0.05) is 50.2 Å². The van der Waals surface area contributed by atoms with Gasteiger partial charge in [-0.25, -0.2) is 0 Å². The molecular weight excluding hydrogens is 250 g/mol. The van der Waals surface area contributed by atoms with Crippen molar-refractivity contribution in [2.24, 2.45) is 5.92 Å². The van der Waals surface area contributed by atoms with Crippen LogP contribution in [0.15, 0.2) is 42.5 Å². The molecule has 0 radical (unpaired) electrons. The molecule has 0 bridgehead atoms. The summed E-state index contributed by atoms with van der Waals surface area (Å²) in [5, 5.41) is 25.1. The third kappa shape index (κ3) is 3.57. The van der Waals surface area contributed by atoms with Gasteiger partial charge >= 0.3 is 0 Å². The van der Waals surface area contributed by atoms with Gasteiger partial charge in [-0.15, -0.1) is 0 Å². The van der Waals surface area contributed by atoms with Crippen molar-refractivity contribution >= 4 is 10.8 Å². The molecule has 2 atom stereocenters. The van der Waals surface area contributed by atoms with Crippen LogP contribution in [0.25, 0.3) is 10.8 Å². The van der Waals surface area contributed by atoms with Gasteiger partial charge in [0, 0.05) is 12.6 Å². The second-order valence-electron chi connectivity index (χ2n) is 5.56. The van der Waals surface area contributed by atoms with Crippen molar-refractivity contribution < 1.29 is 10.2 Å². The van der Waals surface area contributed by atoms with E-state index in [1.807, 2.05) is 36.4 Å². The molecule has 2 rings (SSSR count). The Kier molecular flexibility index (Phi) is 5.12. The van der Waals surface area contributed by atoms with E-state index in [9.17, 15) is 10.2 Å². The first-order valence-electron chi connectivity index (χ1n) is 7.13. The molecule has 0 aliphatic rings. The molecule has 0 amide bonds. The second-order valence-corrected chi connectivity index (χ2v) is 5.56. The number of hydrogen-bond donors (Lipinski definition) is 3. The van der Waals surface area contributed by atoms with Crippen LogP contribution in [0.2, 0.25) is 0 Å². The first-order valence-corrected chi connectivity index (χ1v) is 7.13. The molecule has 2 aromatic rings. The Labute approximate surface area is 120 Å². The fourth-order valence-electron chi connectivity index (χ4n) is 2.31. The van der Waals surface area contributed by atoms with E-state index in [0.29, 0.717) is 12.5 Å². The summed E-state index contributed by atoms with van der Waals surface area (Å²) in [7, 11) is 0. The maximum Gasteiger partial charge on any atom is 0.0914 e. The lowest BCUT2D eigenvalue weighted by molar-refractivity contribution is 0.148. The predicted molar refractivity (Wildman–Crippen MR) is 82.6 cm³/mol. The highest BCUT2D eigenvalue weighted by Gasteiger charge is 2.14. The summed E-state index contributed by atoms with van der Waals surface area (Å²) in [6, 6.07) is 14.1. The maximum atomic E-state index is 10.3. The molecular formula is C17H23NO2. The smallest absolute Gasteiger partial charge is 0.0914 e. The van der Waals surface area contributed by atoms with Gasteiger partial charge in [0.05, 0.1) is 12.7 Å². The molecule has 3 heteroatoms. The van der Waals surface area contributed by atoms with Crippen molar-refractivity contribution in [3.05, 3.63) is 48.0 Å². The van der Waals surface area contributed by atoms with Gasteiger partial charge in [0.15, 0.2) is 0 Å². The normalized spacial score (nSPS) is 14.7. The van der Waals surface area contributed by atoms with E-state index < -0.39 is 6.10 Å². The minimum atomic E-state index is -0.563. The molecule has 0 aliphatic heterocycles. The zero-order valence-electron chi connectivity index (χ0n) is 12.1. The highest BCUT2D eigenvalue weighted by molar-refractivity contribution is 5.83. The van der Waals surface area contributed by atoms with E-state index in [2.05, 4.69) is 25.2 Å². The number of benzene rings is 2. The van der Waals surface area contributed by atoms with Crippen LogP contribution in [0, 0.1) is 5.92 Å². The fourth-order valence-corrected chi connectivity index (χ4v) is 2.31. The highest BCUT2D eigenvalue weighted by atomic mass is 16.3. The Morgan fingerprint density at radius 2 is 1.75 bits per heavy atom. The highest BCUT2D eigenvalue weighted by Crippen LogP contribution is 2.20. The Morgan fingerprint density at radius 3 is 2.40 bits per heavy atom. The van der Waals surface area contributed by atoms with Crippen molar-refractivity contribution in [3.63, 3.8) is 0 Å². The van der Waals surface area contributed by atoms with Gasteiger partial charge in [-0.3, -0.25) is 0 Å². The molecule has 1 unspecified atom stereocenters. The van der Waals surface area contributed by atoms with Crippen LogP contribution in [0.5, 0.6) is 0 Å². The summed E-state index contributed by atoms with van der Waals surface area (Å²) in [6.45, 7) is 4.64. The average molecular weight is 273 g/mol. The monoisotopic (exact) mass is 273 g/mol. The summed E-state index contributed by atoms with van der Waals surface area (Å²) >= 11 is 0. The Balaban J connectivity index is 2.05. The maximum absolute atomic E-state index is 10.3. The molecule has 0 spiro atoms. The first kappa shape index (κ1) is 15.0. The lowest BCUT2D eigenvalue weighted by atomic mass is 10.0. The largest absolute Gasteiger partial charge is 0.395 e. The van der Waals surface area contributed by atoms with Gasteiger partial charge < -0.3 is 15.5 Å². The van der Waals surface area contributed by atoms with Gasteiger partial charge in [-0.05, 0) is 28.3 Å². The van der Waals surface area contributed by atoms with Crippen molar-refractivity contribution in [1.82, 2.24) is 5.32 Å².